The Balaban J connectivity index is 2.07. The van der Waals surface area contributed by atoms with Gasteiger partial charge in [-0.3, -0.25) is 9.59 Å². The third-order valence-electron chi connectivity index (χ3n) is 3.49. The van der Waals surface area contributed by atoms with Crippen LogP contribution in [0.5, 0.6) is 5.75 Å². The Bertz CT molecular complexity index is 630. The minimum Gasteiger partial charge on any atom is -0.494 e. The Morgan fingerprint density at radius 3 is 2.77 bits per heavy atom. The number of nitrogens with one attached hydrogen (secondary N) is 1. The molecule has 22 heavy (non-hydrogen) atoms. The number of carbonyl (C=O) groups excluding carboxylic acids is 2. The molecule has 0 spiro atoms. The average molecular weight is 307 g/mol. The van der Waals surface area contributed by atoms with Crippen molar-refractivity contribution in [3.63, 3.8) is 0 Å². The third-order valence-corrected chi connectivity index (χ3v) is 3.49. The fourth-order valence-corrected chi connectivity index (χ4v) is 2.15. The predicted molar refractivity (Wildman–Crippen MR) is 78.9 cm³/mol. The van der Waals surface area contributed by atoms with E-state index >= 15 is 0 Å². The van der Waals surface area contributed by atoms with Crippen molar-refractivity contribution in [1.82, 2.24) is 10.3 Å². The zero-order valence-corrected chi connectivity index (χ0v) is 12.7. The summed E-state index contributed by atoms with van der Waals surface area (Å²) >= 11 is 0. The number of benzene rings is 1. The van der Waals surface area contributed by atoms with Gasteiger partial charge in [0.15, 0.2) is 11.6 Å². The van der Waals surface area contributed by atoms with Crippen molar-refractivity contribution in [2.75, 3.05) is 14.2 Å². The zero-order valence-electron chi connectivity index (χ0n) is 12.7. The van der Waals surface area contributed by atoms with Crippen LogP contribution in [0.2, 0.25) is 0 Å². The maximum absolute atomic E-state index is 13.7. The number of amides is 2. The lowest BCUT2D eigenvalue weighted by atomic mass is 10.1. The van der Waals surface area contributed by atoms with E-state index in [0.29, 0.717) is 17.7 Å². The number of halogens is 1. The van der Waals surface area contributed by atoms with E-state index < -0.39 is 11.9 Å². The van der Waals surface area contributed by atoms with Gasteiger partial charge in [-0.1, -0.05) is 6.07 Å². The second-order valence-electron chi connectivity index (χ2n) is 5.05. The molecule has 0 radical (unpaired) electrons. The van der Waals surface area contributed by atoms with Crippen LogP contribution in [0.4, 0.5) is 4.39 Å². The highest BCUT2D eigenvalue weighted by atomic mass is 19.1. The Morgan fingerprint density at radius 1 is 1.45 bits per heavy atom. The fraction of sp³-hybridized carbons (Fsp3) is 0.400. The summed E-state index contributed by atoms with van der Waals surface area (Å²) in [6, 6.07) is 4.13. The van der Waals surface area contributed by atoms with Crippen LogP contribution < -0.4 is 10.1 Å². The van der Waals surface area contributed by atoms with E-state index in [9.17, 15) is 14.0 Å². The predicted octanol–water partition coefficient (Wildman–Crippen LogP) is 1.62. The van der Waals surface area contributed by atoms with Crippen LogP contribution in [0, 0.1) is 5.82 Å². The Labute approximate surface area is 127 Å². The average Bonchev–Trinajstić information content (AvgIpc) is 2.49. The van der Waals surface area contributed by atoms with Crippen LogP contribution in [0.25, 0.3) is 0 Å². The molecule has 1 atom stereocenters. The lowest BCUT2D eigenvalue weighted by molar-refractivity contribution is -0.130. The van der Waals surface area contributed by atoms with Crippen molar-refractivity contribution in [3.05, 3.63) is 29.6 Å². The van der Waals surface area contributed by atoms with Crippen LogP contribution in [0.3, 0.4) is 0 Å². The topological polar surface area (TPSA) is 71.0 Å². The number of nitrogens with zero attached hydrogens (tertiary/aromatic N) is 2. The minimum absolute atomic E-state index is 0.123. The van der Waals surface area contributed by atoms with Crippen LogP contribution in [0.1, 0.15) is 31.4 Å². The molecule has 0 saturated carbocycles. The number of methoxy groups -OCH3 is 1. The number of carbonyl (C=O) groups is 2. The number of rotatable bonds is 4. The van der Waals surface area contributed by atoms with Gasteiger partial charge in [0.05, 0.1) is 13.2 Å². The van der Waals surface area contributed by atoms with Gasteiger partial charge in [0.2, 0.25) is 5.91 Å². The van der Waals surface area contributed by atoms with Gasteiger partial charge in [-0.25, -0.2) is 9.40 Å². The Morgan fingerprint density at radius 2 is 2.18 bits per heavy atom. The number of hydrazone groups is 1. The van der Waals surface area contributed by atoms with E-state index in [1.54, 1.807) is 13.0 Å². The summed E-state index contributed by atoms with van der Waals surface area (Å²) in [4.78, 5) is 23.5. The second-order valence-corrected chi connectivity index (χ2v) is 5.05. The van der Waals surface area contributed by atoms with Crippen molar-refractivity contribution in [3.8, 4) is 5.75 Å². The van der Waals surface area contributed by atoms with Gasteiger partial charge in [0.1, 0.15) is 5.71 Å². The molecule has 118 valence electrons. The highest BCUT2D eigenvalue weighted by molar-refractivity contribution is 6.39. The van der Waals surface area contributed by atoms with E-state index in [4.69, 9.17) is 4.74 Å². The molecule has 6 nitrogen and oxygen atoms in total. The van der Waals surface area contributed by atoms with E-state index in [-0.39, 0.29) is 24.0 Å². The molecule has 1 aliphatic rings. The van der Waals surface area contributed by atoms with E-state index in [2.05, 4.69) is 10.4 Å². The first-order chi connectivity index (χ1) is 10.4. The van der Waals surface area contributed by atoms with Crippen LogP contribution in [-0.2, 0) is 9.59 Å². The van der Waals surface area contributed by atoms with E-state index in [1.807, 2.05) is 0 Å². The van der Waals surface area contributed by atoms with Gasteiger partial charge >= 0.3 is 0 Å². The molecule has 1 N–H and O–H groups in total. The van der Waals surface area contributed by atoms with Gasteiger partial charge in [-0.2, -0.15) is 5.10 Å². The molecule has 2 amide bonds. The molecule has 1 aromatic rings. The van der Waals surface area contributed by atoms with E-state index in [0.717, 1.165) is 5.01 Å². The molecule has 0 bridgehead atoms. The maximum atomic E-state index is 13.7. The number of ether oxygens (including phenoxy) is 1. The van der Waals surface area contributed by atoms with Gasteiger partial charge < -0.3 is 10.1 Å². The molecular formula is C15H18FN3O3. The monoisotopic (exact) mass is 307 g/mol. The lowest BCUT2D eigenvalue weighted by Gasteiger charge is -2.21. The van der Waals surface area contributed by atoms with Crippen molar-refractivity contribution >= 4 is 17.5 Å². The van der Waals surface area contributed by atoms with Crippen LogP contribution in [0.15, 0.2) is 23.3 Å². The summed E-state index contributed by atoms with van der Waals surface area (Å²) in [5.41, 5.74) is 0.912. The number of hydrogen-bond donors (Lipinski definition) is 1. The molecule has 0 unspecified atom stereocenters. The smallest absolute Gasteiger partial charge is 0.267 e. The van der Waals surface area contributed by atoms with Crippen molar-refractivity contribution < 1.29 is 18.7 Å². The molecule has 1 heterocycles. The molecule has 0 saturated heterocycles. The SMILES string of the molecule is COc1ccc([C@@H](C)NC(=O)C2=NN(C)C(=O)CC2)cc1F. The first kappa shape index (κ1) is 15.9. The molecule has 0 aromatic heterocycles. The standard InChI is InChI=1S/C15H18FN3O3/c1-9(10-4-6-13(22-3)11(16)8-10)17-15(21)12-5-7-14(20)19(2)18-12/h4,6,8-9H,5,7H2,1-3H3,(H,17,21)/t9-/m1/s1. The normalized spacial score (nSPS) is 16.1. The summed E-state index contributed by atoms with van der Waals surface area (Å²) in [5.74, 6) is -0.814. The highest BCUT2D eigenvalue weighted by Gasteiger charge is 2.23. The molecule has 2 rings (SSSR count). The molecular weight excluding hydrogens is 289 g/mol. The van der Waals surface area contributed by atoms with Crippen molar-refractivity contribution in [1.29, 1.82) is 0 Å². The third kappa shape index (κ3) is 3.41. The quantitative estimate of drug-likeness (QED) is 0.919. The maximum Gasteiger partial charge on any atom is 0.267 e. The van der Waals surface area contributed by atoms with Crippen LogP contribution >= 0.6 is 0 Å². The van der Waals surface area contributed by atoms with E-state index in [1.165, 1.54) is 26.3 Å². The van der Waals surface area contributed by atoms with Crippen LogP contribution in [-0.4, -0.2) is 36.7 Å². The first-order valence-corrected chi connectivity index (χ1v) is 6.90. The molecule has 7 heteroatoms. The minimum atomic E-state index is -0.485. The molecule has 0 aliphatic carbocycles. The fourth-order valence-electron chi connectivity index (χ4n) is 2.15. The Kier molecular flexibility index (Phi) is 4.75. The molecule has 1 aromatic carbocycles. The zero-order chi connectivity index (χ0) is 16.3. The van der Waals surface area contributed by atoms with Gasteiger partial charge in [0.25, 0.3) is 5.91 Å². The summed E-state index contributed by atoms with van der Waals surface area (Å²) in [6.45, 7) is 1.75. The first-order valence-electron chi connectivity index (χ1n) is 6.90. The second kappa shape index (κ2) is 6.55. The number of hydrogen-bond acceptors (Lipinski definition) is 4. The summed E-state index contributed by atoms with van der Waals surface area (Å²) in [5, 5.41) is 7.86. The molecule has 0 fully saturated rings. The van der Waals surface area contributed by atoms with Gasteiger partial charge in [0, 0.05) is 19.9 Å². The summed E-state index contributed by atoms with van der Waals surface area (Å²) in [7, 11) is 2.90. The molecule has 1 aliphatic heterocycles. The Hall–Kier alpha value is -2.44. The lowest BCUT2D eigenvalue weighted by Crippen LogP contribution is -2.38. The van der Waals surface area contributed by atoms with Crippen molar-refractivity contribution in [2.45, 2.75) is 25.8 Å². The van der Waals surface area contributed by atoms with Gasteiger partial charge in [-0.15, -0.1) is 0 Å². The largest absolute Gasteiger partial charge is 0.494 e. The van der Waals surface area contributed by atoms with Crippen molar-refractivity contribution in [2.24, 2.45) is 5.10 Å². The van der Waals surface area contributed by atoms with Gasteiger partial charge in [-0.05, 0) is 24.6 Å². The summed E-state index contributed by atoms with van der Waals surface area (Å²) < 4.78 is 18.6. The highest BCUT2D eigenvalue weighted by Crippen LogP contribution is 2.21. The summed E-state index contributed by atoms with van der Waals surface area (Å²) in [6.07, 6.45) is 0.562.